The average molecular weight is 321 g/mol. The fraction of sp³-hybridized carbons (Fsp3) is 0.312. The van der Waals surface area contributed by atoms with Gasteiger partial charge in [0.05, 0.1) is 16.5 Å². The van der Waals surface area contributed by atoms with E-state index in [0.717, 1.165) is 32.3 Å². The molecule has 0 bridgehead atoms. The molecule has 1 aliphatic heterocycles. The summed E-state index contributed by atoms with van der Waals surface area (Å²) in [5.74, 6) is 0.0215. The topological polar surface area (TPSA) is 55.1 Å². The van der Waals surface area contributed by atoms with Crippen LogP contribution in [-0.4, -0.2) is 5.91 Å². The predicted octanol–water partition coefficient (Wildman–Crippen LogP) is 3.99. The summed E-state index contributed by atoms with van der Waals surface area (Å²) in [5.41, 5.74) is 9.72. The van der Waals surface area contributed by atoms with Crippen molar-refractivity contribution in [3.05, 3.63) is 50.2 Å². The highest BCUT2D eigenvalue weighted by molar-refractivity contribution is 7.10. The molecule has 0 fully saturated rings. The van der Waals surface area contributed by atoms with Crippen molar-refractivity contribution in [2.24, 2.45) is 5.73 Å². The minimum Gasteiger partial charge on any atom is -0.325 e. The van der Waals surface area contributed by atoms with E-state index < -0.39 is 5.41 Å². The summed E-state index contributed by atoms with van der Waals surface area (Å²) >= 11 is 7.89. The van der Waals surface area contributed by atoms with Crippen molar-refractivity contribution in [3.8, 4) is 0 Å². The molecule has 2 aromatic rings. The minimum atomic E-state index is -0.528. The summed E-state index contributed by atoms with van der Waals surface area (Å²) in [7, 11) is 0. The van der Waals surface area contributed by atoms with Crippen molar-refractivity contribution < 1.29 is 4.79 Å². The first kappa shape index (κ1) is 14.6. The van der Waals surface area contributed by atoms with Crippen molar-refractivity contribution in [3.63, 3.8) is 0 Å². The van der Waals surface area contributed by atoms with Crippen molar-refractivity contribution >= 4 is 34.5 Å². The Morgan fingerprint density at radius 3 is 2.71 bits per heavy atom. The van der Waals surface area contributed by atoms with Gasteiger partial charge in [0.1, 0.15) is 0 Å². The molecule has 5 heteroatoms. The van der Waals surface area contributed by atoms with E-state index in [4.69, 9.17) is 17.3 Å². The summed E-state index contributed by atoms with van der Waals surface area (Å²) in [4.78, 5) is 13.0. The number of benzene rings is 1. The second kappa shape index (κ2) is 4.83. The Bertz CT molecular complexity index is 736. The van der Waals surface area contributed by atoms with Gasteiger partial charge < -0.3 is 11.1 Å². The third-order valence-electron chi connectivity index (χ3n) is 4.10. The van der Waals surface area contributed by atoms with Crippen molar-refractivity contribution in [2.45, 2.75) is 32.2 Å². The molecule has 3 nitrogen and oxygen atoms in total. The number of halogens is 1. The number of hydrogen-bond donors (Lipinski definition) is 2. The second-order valence-corrected chi connectivity index (χ2v) is 7.25. The fourth-order valence-corrected chi connectivity index (χ4v) is 3.93. The summed E-state index contributed by atoms with van der Waals surface area (Å²) in [6, 6.07) is 5.62. The number of nitrogens with two attached hydrogens (primary N) is 1. The van der Waals surface area contributed by atoms with Crippen LogP contribution in [0.2, 0.25) is 5.02 Å². The Morgan fingerprint density at radius 1 is 1.38 bits per heavy atom. The van der Waals surface area contributed by atoms with E-state index in [2.05, 4.69) is 5.32 Å². The summed E-state index contributed by atoms with van der Waals surface area (Å²) in [6.07, 6.45) is 0. The standard InChI is InChI=1S/C16H17ClN2OS/c1-8-7-21-14(12(8)17)13(18)9-4-5-11-10(6-9)16(2,3)15(20)19-11/h4-7,13H,18H2,1-3H3,(H,19,20). The van der Waals surface area contributed by atoms with Gasteiger partial charge in [-0.15, -0.1) is 11.3 Å². The Balaban J connectivity index is 2.04. The van der Waals surface area contributed by atoms with Crippen LogP contribution in [0.25, 0.3) is 0 Å². The lowest BCUT2D eigenvalue weighted by atomic mass is 9.84. The maximum atomic E-state index is 12.0. The third-order valence-corrected chi connectivity index (χ3v) is 5.90. The number of amides is 1. The van der Waals surface area contributed by atoms with Gasteiger partial charge in [-0.2, -0.15) is 0 Å². The average Bonchev–Trinajstić information content (AvgIpc) is 2.88. The molecule has 3 N–H and O–H groups in total. The van der Waals surface area contributed by atoms with Crippen LogP contribution < -0.4 is 11.1 Å². The van der Waals surface area contributed by atoms with E-state index in [9.17, 15) is 4.79 Å². The number of hydrogen-bond acceptors (Lipinski definition) is 3. The van der Waals surface area contributed by atoms with Crippen LogP contribution in [0.3, 0.4) is 0 Å². The molecule has 1 atom stereocenters. The monoisotopic (exact) mass is 320 g/mol. The summed E-state index contributed by atoms with van der Waals surface area (Å²) < 4.78 is 0. The number of carbonyl (C=O) groups is 1. The molecule has 1 unspecified atom stereocenters. The smallest absolute Gasteiger partial charge is 0.234 e. The van der Waals surface area contributed by atoms with Crippen LogP contribution in [0.15, 0.2) is 23.6 Å². The molecular formula is C16H17ClN2OS. The molecule has 21 heavy (non-hydrogen) atoms. The minimum absolute atomic E-state index is 0.0215. The third kappa shape index (κ3) is 2.18. The highest BCUT2D eigenvalue weighted by atomic mass is 35.5. The van der Waals surface area contributed by atoms with Crippen molar-refractivity contribution in [2.75, 3.05) is 5.32 Å². The maximum absolute atomic E-state index is 12.0. The zero-order chi connectivity index (χ0) is 15.4. The van der Waals surface area contributed by atoms with E-state index >= 15 is 0 Å². The Hall–Kier alpha value is -1.36. The lowest BCUT2D eigenvalue weighted by molar-refractivity contribution is -0.119. The van der Waals surface area contributed by atoms with Crippen molar-refractivity contribution in [1.29, 1.82) is 0 Å². The number of aryl methyl sites for hydroxylation is 1. The predicted molar refractivity (Wildman–Crippen MR) is 88.2 cm³/mol. The molecule has 2 heterocycles. The van der Waals surface area contributed by atoms with Gasteiger partial charge in [0, 0.05) is 10.6 Å². The van der Waals surface area contributed by atoms with Crippen molar-refractivity contribution in [1.82, 2.24) is 0 Å². The largest absolute Gasteiger partial charge is 0.325 e. The van der Waals surface area contributed by atoms with Crippen LogP contribution in [0.5, 0.6) is 0 Å². The number of fused-ring (bicyclic) bond motifs is 1. The van der Waals surface area contributed by atoms with Crippen LogP contribution in [0, 0.1) is 6.92 Å². The quantitative estimate of drug-likeness (QED) is 0.879. The molecule has 0 radical (unpaired) electrons. The molecular weight excluding hydrogens is 304 g/mol. The first-order chi connectivity index (χ1) is 9.82. The van der Waals surface area contributed by atoms with E-state index in [1.54, 1.807) is 11.3 Å². The van der Waals surface area contributed by atoms with Crippen LogP contribution in [0.1, 0.15) is 41.5 Å². The zero-order valence-corrected chi connectivity index (χ0v) is 13.7. The normalized spacial score (nSPS) is 17.5. The lowest BCUT2D eigenvalue weighted by Gasteiger charge is -2.18. The van der Waals surface area contributed by atoms with Gasteiger partial charge in [0.25, 0.3) is 0 Å². The molecule has 0 spiro atoms. The number of thiophene rings is 1. The molecule has 1 aliphatic rings. The maximum Gasteiger partial charge on any atom is 0.234 e. The van der Waals surface area contributed by atoms with Gasteiger partial charge in [-0.05, 0) is 48.9 Å². The first-order valence-electron chi connectivity index (χ1n) is 6.77. The van der Waals surface area contributed by atoms with Gasteiger partial charge >= 0.3 is 0 Å². The van der Waals surface area contributed by atoms with E-state index in [0.29, 0.717) is 0 Å². The van der Waals surface area contributed by atoms with Gasteiger partial charge in [-0.1, -0.05) is 23.7 Å². The lowest BCUT2D eigenvalue weighted by Crippen LogP contribution is -2.27. The van der Waals surface area contributed by atoms with Crippen LogP contribution in [-0.2, 0) is 10.2 Å². The van der Waals surface area contributed by atoms with E-state index in [-0.39, 0.29) is 11.9 Å². The van der Waals surface area contributed by atoms with Gasteiger partial charge in [-0.3, -0.25) is 4.79 Å². The van der Waals surface area contributed by atoms with Crippen LogP contribution >= 0.6 is 22.9 Å². The van der Waals surface area contributed by atoms with Crippen LogP contribution in [0.4, 0.5) is 5.69 Å². The summed E-state index contributed by atoms with van der Waals surface area (Å²) in [5, 5.41) is 5.66. The molecule has 1 aromatic heterocycles. The highest BCUT2D eigenvalue weighted by Gasteiger charge is 2.38. The van der Waals surface area contributed by atoms with Gasteiger partial charge in [-0.25, -0.2) is 0 Å². The fourth-order valence-electron chi connectivity index (χ4n) is 2.59. The summed E-state index contributed by atoms with van der Waals surface area (Å²) in [6.45, 7) is 5.82. The second-order valence-electron chi connectivity index (χ2n) is 5.96. The molecule has 3 rings (SSSR count). The highest BCUT2D eigenvalue weighted by Crippen LogP contribution is 2.40. The van der Waals surface area contributed by atoms with E-state index in [1.807, 2.05) is 44.4 Å². The Kier molecular flexibility index (Phi) is 3.35. The molecule has 1 amide bonds. The number of rotatable bonds is 2. The molecule has 1 aromatic carbocycles. The van der Waals surface area contributed by atoms with Gasteiger partial charge in [0.15, 0.2) is 0 Å². The first-order valence-corrected chi connectivity index (χ1v) is 8.03. The number of anilines is 1. The molecule has 0 saturated heterocycles. The van der Waals surface area contributed by atoms with E-state index in [1.165, 1.54) is 0 Å². The Labute approximate surface area is 133 Å². The zero-order valence-electron chi connectivity index (χ0n) is 12.2. The number of carbonyl (C=O) groups excluding carboxylic acids is 1. The molecule has 110 valence electrons. The molecule has 0 saturated carbocycles. The Morgan fingerprint density at radius 2 is 2.10 bits per heavy atom. The molecule has 0 aliphatic carbocycles. The van der Waals surface area contributed by atoms with Gasteiger partial charge in [0.2, 0.25) is 5.91 Å². The number of nitrogens with one attached hydrogen (secondary N) is 1. The SMILES string of the molecule is Cc1csc(C(N)c2ccc3c(c2)C(C)(C)C(=O)N3)c1Cl.